The molecule has 0 radical (unpaired) electrons. The molecule has 1 unspecified atom stereocenters. The van der Waals surface area contributed by atoms with Crippen LogP contribution >= 0.6 is 0 Å². The molecule has 24 heavy (non-hydrogen) atoms. The van der Waals surface area contributed by atoms with Gasteiger partial charge in [-0.05, 0) is 37.7 Å². The van der Waals surface area contributed by atoms with Crippen molar-refractivity contribution in [1.82, 2.24) is 15.5 Å². The number of amides is 2. The van der Waals surface area contributed by atoms with Crippen molar-refractivity contribution >= 4 is 11.8 Å². The predicted octanol–water partition coefficient (Wildman–Crippen LogP) is 0.644. The van der Waals surface area contributed by atoms with E-state index >= 15 is 0 Å². The van der Waals surface area contributed by atoms with Gasteiger partial charge in [0.15, 0.2) is 0 Å². The average Bonchev–Trinajstić information content (AvgIpc) is 2.51. The number of nitrogens with one attached hydrogen (secondary N) is 2. The fraction of sp³-hybridized carbons (Fsp3) is 0.529. The summed E-state index contributed by atoms with van der Waals surface area (Å²) in [6.07, 6.45) is 0. The summed E-state index contributed by atoms with van der Waals surface area (Å²) < 4.78 is 13.4. The molecule has 0 aliphatic heterocycles. The summed E-state index contributed by atoms with van der Waals surface area (Å²) in [6.45, 7) is 3.85. The molecule has 0 saturated carbocycles. The van der Waals surface area contributed by atoms with Gasteiger partial charge >= 0.3 is 0 Å². The third-order valence-corrected chi connectivity index (χ3v) is 3.79. The highest BCUT2D eigenvalue weighted by Crippen LogP contribution is 2.18. The molecule has 0 spiro atoms. The highest BCUT2D eigenvalue weighted by Gasteiger charge is 2.19. The van der Waals surface area contributed by atoms with Crippen LogP contribution in [0.1, 0.15) is 25.5 Å². The minimum Gasteiger partial charge on any atom is -0.353 e. The molecule has 2 atom stereocenters. The summed E-state index contributed by atoms with van der Waals surface area (Å²) in [4.78, 5) is 25.5. The lowest BCUT2D eigenvalue weighted by Gasteiger charge is -2.25. The molecule has 2 amide bonds. The Morgan fingerprint density at radius 1 is 1.25 bits per heavy atom. The van der Waals surface area contributed by atoms with Gasteiger partial charge in [0.05, 0.1) is 18.6 Å². The molecule has 0 aromatic heterocycles. The van der Waals surface area contributed by atoms with Crippen LogP contribution in [-0.2, 0) is 9.59 Å². The van der Waals surface area contributed by atoms with Crippen molar-refractivity contribution in [2.75, 3.05) is 27.2 Å². The van der Waals surface area contributed by atoms with Crippen LogP contribution in [0.3, 0.4) is 0 Å². The number of benzene rings is 1. The lowest BCUT2D eigenvalue weighted by Crippen LogP contribution is -2.47. The molecule has 1 rings (SSSR count). The molecule has 134 valence electrons. The highest BCUT2D eigenvalue weighted by molar-refractivity contribution is 5.87. The first-order chi connectivity index (χ1) is 11.2. The molecular formula is C17H27FN4O2. The van der Waals surface area contributed by atoms with E-state index in [0.717, 1.165) is 5.56 Å². The number of nitrogens with two attached hydrogens (primary N) is 1. The topological polar surface area (TPSA) is 87.5 Å². The van der Waals surface area contributed by atoms with Gasteiger partial charge in [-0.3, -0.25) is 9.59 Å². The van der Waals surface area contributed by atoms with Gasteiger partial charge in [-0.15, -0.1) is 0 Å². The molecule has 0 bridgehead atoms. The molecule has 0 fully saturated rings. The van der Waals surface area contributed by atoms with E-state index in [9.17, 15) is 14.0 Å². The van der Waals surface area contributed by atoms with Crippen molar-refractivity contribution in [3.63, 3.8) is 0 Å². The Hall–Kier alpha value is -1.99. The molecule has 4 N–H and O–H groups in total. The first-order valence-corrected chi connectivity index (χ1v) is 7.94. The number of rotatable bonds is 8. The zero-order chi connectivity index (χ0) is 18.3. The summed E-state index contributed by atoms with van der Waals surface area (Å²) in [5.74, 6) is -0.989. The monoisotopic (exact) mass is 338 g/mol. The van der Waals surface area contributed by atoms with E-state index in [0.29, 0.717) is 6.54 Å². The van der Waals surface area contributed by atoms with Gasteiger partial charge in [0.25, 0.3) is 0 Å². The van der Waals surface area contributed by atoms with Crippen molar-refractivity contribution in [2.24, 2.45) is 11.7 Å². The first-order valence-electron chi connectivity index (χ1n) is 7.94. The number of likely N-dealkylation sites (N-methyl/N-ethyl adjacent to an activating group) is 1. The summed E-state index contributed by atoms with van der Waals surface area (Å²) in [5.41, 5.74) is 6.48. The maximum Gasteiger partial charge on any atom is 0.239 e. The molecule has 7 heteroatoms. The van der Waals surface area contributed by atoms with Gasteiger partial charge in [0, 0.05) is 6.54 Å². The van der Waals surface area contributed by atoms with Crippen LogP contribution < -0.4 is 16.4 Å². The summed E-state index contributed by atoms with van der Waals surface area (Å²) in [5, 5.41) is 5.26. The third kappa shape index (κ3) is 6.25. The van der Waals surface area contributed by atoms with Crippen molar-refractivity contribution < 1.29 is 14.0 Å². The minimum atomic E-state index is -0.639. The van der Waals surface area contributed by atoms with E-state index in [-0.39, 0.29) is 36.1 Å². The summed E-state index contributed by atoms with van der Waals surface area (Å²) >= 11 is 0. The Kier molecular flexibility index (Phi) is 7.81. The smallest absolute Gasteiger partial charge is 0.239 e. The lowest BCUT2D eigenvalue weighted by atomic mass is 10.1. The predicted molar refractivity (Wildman–Crippen MR) is 91.7 cm³/mol. The molecule has 0 saturated heterocycles. The second-order valence-electron chi connectivity index (χ2n) is 6.33. The average molecular weight is 338 g/mol. The van der Waals surface area contributed by atoms with E-state index in [1.165, 1.54) is 12.1 Å². The molecule has 1 aromatic carbocycles. The number of hydrogen-bond donors (Lipinski definition) is 3. The molecule has 0 aliphatic rings. The number of hydrogen-bond acceptors (Lipinski definition) is 4. The Balaban J connectivity index is 2.53. The summed E-state index contributed by atoms with van der Waals surface area (Å²) in [6, 6.07) is 5.46. The van der Waals surface area contributed by atoms with E-state index in [1.54, 1.807) is 6.07 Å². The zero-order valence-corrected chi connectivity index (χ0v) is 14.7. The van der Waals surface area contributed by atoms with Crippen LogP contribution in [0.4, 0.5) is 4.39 Å². The van der Waals surface area contributed by atoms with Crippen LogP contribution in [0, 0.1) is 11.7 Å². The first kappa shape index (κ1) is 20.1. The van der Waals surface area contributed by atoms with Crippen LogP contribution in [-0.4, -0.2) is 49.9 Å². The second kappa shape index (κ2) is 9.34. The Morgan fingerprint density at radius 2 is 1.92 bits per heavy atom. The minimum absolute atomic E-state index is 0.000778. The van der Waals surface area contributed by atoms with Crippen LogP contribution in [0.25, 0.3) is 0 Å². The van der Waals surface area contributed by atoms with Gasteiger partial charge in [-0.2, -0.15) is 0 Å². The normalized spacial score (nSPS) is 13.7. The van der Waals surface area contributed by atoms with Gasteiger partial charge in [-0.25, -0.2) is 4.39 Å². The highest BCUT2D eigenvalue weighted by atomic mass is 19.1. The van der Waals surface area contributed by atoms with E-state index in [1.807, 2.05) is 38.9 Å². The van der Waals surface area contributed by atoms with Gasteiger partial charge < -0.3 is 21.3 Å². The summed E-state index contributed by atoms with van der Waals surface area (Å²) in [7, 11) is 3.70. The fourth-order valence-corrected chi connectivity index (χ4v) is 2.17. The Morgan fingerprint density at radius 3 is 2.46 bits per heavy atom. The van der Waals surface area contributed by atoms with E-state index < -0.39 is 6.04 Å². The molecule has 6 nitrogen and oxygen atoms in total. The SMILES string of the molecule is CC(C)[C@H](N)C(=O)NCC(=O)NCC(c1cccc(F)c1)N(C)C. The molecule has 0 aliphatic carbocycles. The quantitative estimate of drug-likeness (QED) is 0.649. The Labute approximate surface area is 142 Å². The molecular weight excluding hydrogens is 311 g/mol. The molecule has 0 heterocycles. The fourth-order valence-electron chi connectivity index (χ4n) is 2.17. The number of carbonyl (C=O) groups excluding carboxylic acids is 2. The van der Waals surface area contributed by atoms with Gasteiger partial charge in [0.2, 0.25) is 11.8 Å². The van der Waals surface area contributed by atoms with Crippen LogP contribution in [0.2, 0.25) is 0 Å². The van der Waals surface area contributed by atoms with Crippen molar-refractivity contribution in [3.8, 4) is 0 Å². The Bertz CT molecular complexity index is 563. The standard InChI is InChI=1S/C17H27FN4O2/c1-11(2)16(19)17(24)21-10-15(23)20-9-14(22(3)4)12-6-5-7-13(18)8-12/h5-8,11,14,16H,9-10,19H2,1-4H3,(H,20,23)(H,21,24)/t14?,16-/m0/s1. The zero-order valence-electron chi connectivity index (χ0n) is 14.7. The van der Waals surface area contributed by atoms with Crippen molar-refractivity contribution in [3.05, 3.63) is 35.6 Å². The van der Waals surface area contributed by atoms with E-state index in [2.05, 4.69) is 10.6 Å². The maximum atomic E-state index is 13.4. The van der Waals surface area contributed by atoms with Gasteiger partial charge in [0.1, 0.15) is 5.82 Å². The van der Waals surface area contributed by atoms with Gasteiger partial charge in [-0.1, -0.05) is 26.0 Å². The number of halogens is 1. The van der Waals surface area contributed by atoms with E-state index in [4.69, 9.17) is 5.73 Å². The maximum absolute atomic E-state index is 13.4. The second-order valence-corrected chi connectivity index (χ2v) is 6.33. The van der Waals surface area contributed by atoms with Crippen LogP contribution in [0.5, 0.6) is 0 Å². The molecule has 1 aromatic rings. The number of nitrogens with zero attached hydrogens (tertiary/aromatic N) is 1. The largest absolute Gasteiger partial charge is 0.353 e. The van der Waals surface area contributed by atoms with Crippen LogP contribution in [0.15, 0.2) is 24.3 Å². The number of carbonyl (C=O) groups is 2. The third-order valence-electron chi connectivity index (χ3n) is 3.79. The lowest BCUT2D eigenvalue weighted by molar-refractivity contribution is -0.127. The van der Waals surface area contributed by atoms with Crippen molar-refractivity contribution in [2.45, 2.75) is 25.9 Å². The van der Waals surface area contributed by atoms with Crippen molar-refractivity contribution in [1.29, 1.82) is 0 Å².